The zero-order valence-corrected chi connectivity index (χ0v) is 15.9. The number of ether oxygens (including phenoxy) is 1. The van der Waals surface area contributed by atoms with Gasteiger partial charge in [0.25, 0.3) is 0 Å². The van der Waals surface area contributed by atoms with Gasteiger partial charge in [-0.1, -0.05) is 34.1 Å². The number of para-hydroxylation sites is 1. The number of hydrogen-bond acceptors (Lipinski definition) is 2. The SMILES string of the molecule is Cc1cc(Br)ccc1NC(=O)NCCCOc1c(C)cccc1C. The van der Waals surface area contributed by atoms with E-state index in [0.29, 0.717) is 13.2 Å². The highest BCUT2D eigenvalue weighted by Crippen LogP contribution is 2.22. The standard InChI is InChI=1S/C19H23BrN2O2/c1-13-6-4-7-14(2)18(13)24-11-5-10-21-19(23)22-17-9-8-16(20)12-15(17)3/h4,6-9,12H,5,10-11H2,1-3H3,(H2,21,22,23). The van der Waals surface area contributed by atoms with Gasteiger partial charge in [-0.2, -0.15) is 0 Å². The van der Waals surface area contributed by atoms with E-state index >= 15 is 0 Å². The lowest BCUT2D eigenvalue weighted by Gasteiger charge is -2.13. The molecule has 128 valence electrons. The minimum Gasteiger partial charge on any atom is -0.493 e. The summed E-state index contributed by atoms with van der Waals surface area (Å²) in [5.74, 6) is 0.937. The van der Waals surface area contributed by atoms with Crippen molar-refractivity contribution < 1.29 is 9.53 Å². The Bertz CT molecular complexity index is 696. The third-order valence-corrected chi connectivity index (χ3v) is 4.19. The molecule has 0 saturated heterocycles. The van der Waals surface area contributed by atoms with E-state index in [0.717, 1.165) is 39.0 Å². The molecule has 2 aromatic carbocycles. The van der Waals surface area contributed by atoms with Crippen LogP contribution in [0.2, 0.25) is 0 Å². The maximum atomic E-state index is 11.9. The molecule has 2 aromatic rings. The van der Waals surface area contributed by atoms with Crippen LogP contribution in [0.4, 0.5) is 10.5 Å². The van der Waals surface area contributed by atoms with Gasteiger partial charge >= 0.3 is 6.03 Å². The van der Waals surface area contributed by atoms with Crippen molar-refractivity contribution in [3.8, 4) is 5.75 Å². The molecule has 2 amide bonds. The molecule has 2 rings (SSSR count). The molecule has 0 heterocycles. The predicted octanol–water partition coefficient (Wildman–Crippen LogP) is 4.96. The molecule has 0 unspecified atom stereocenters. The topological polar surface area (TPSA) is 50.4 Å². The fourth-order valence-corrected chi connectivity index (χ4v) is 2.88. The van der Waals surface area contributed by atoms with Crippen LogP contribution in [0.1, 0.15) is 23.1 Å². The highest BCUT2D eigenvalue weighted by molar-refractivity contribution is 9.10. The number of halogens is 1. The van der Waals surface area contributed by atoms with Gasteiger partial charge in [0.2, 0.25) is 0 Å². The minimum absolute atomic E-state index is 0.201. The number of benzene rings is 2. The Morgan fingerprint density at radius 3 is 2.46 bits per heavy atom. The molecule has 24 heavy (non-hydrogen) atoms. The van der Waals surface area contributed by atoms with Gasteiger partial charge in [-0.05, 0) is 62.1 Å². The zero-order chi connectivity index (χ0) is 17.5. The van der Waals surface area contributed by atoms with Crippen molar-refractivity contribution in [2.45, 2.75) is 27.2 Å². The summed E-state index contributed by atoms with van der Waals surface area (Å²) in [5, 5.41) is 5.70. The number of aryl methyl sites for hydroxylation is 3. The average molecular weight is 391 g/mol. The van der Waals surface area contributed by atoms with Gasteiger partial charge in [0.15, 0.2) is 0 Å². The summed E-state index contributed by atoms with van der Waals surface area (Å²) in [6.45, 7) is 7.16. The second kappa shape index (κ2) is 8.73. The Balaban J connectivity index is 1.71. The van der Waals surface area contributed by atoms with Crippen LogP contribution in [0.5, 0.6) is 5.75 Å². The molecule has 0 atom stereocenters. The smallest absolute Gasteiger partial charge is 0.319 e. The van der Waals surface area contributed by atoms with E-state index in [2.05, 4.69) is 26.6 Å². The minimum atomic E-state index is -0.201. The molecular weight excluding hydrogens is 368 g/mol. The number of hydrogen-bond donors (Lipinski definition) is 2. The molecule has 0 fully saturated rings. The summed E-state index contributed by atoms with van der Waals surface area (Å²) in [7, 11) is 0. The van der Waals surface area contributed by atoms with Crippen molar-refractivity contribution in [1.82, 2.24) is 5.32 Å². The predicted molar refractivity (Wildman–Crippen MR) is 102 cm³/mol. The van der Waals surface area contributed by atoms with Crippen molar-refractivity contribution in [2.75, 3.05) is 18.5 Å². The fourth-order valence-electron chi connectivity index (χ4n) is 2.41. The third kappa shape index (κ3) is 5.27. The lowest BCUT2D eigenvalue weighted by atomic mass is 10.1. The summed E-state index contributed by atoms with van der Waals surface area (Å²) in [4.78, 5) is 11.9. The van der Waals surface area contributed by atoms with Crippen LogP contribution in [0.15, 0.2) is 40.9 Å². The summed E-state index contributed by atoms with van der Waals surface area (Å²) in [5.41, 5.74) is 4.08. The van der Waals surface area contributed by atoms with Crippen LogP contribution in [0.25, 0.3) is 0 Å². The van der Waals surface area contributed by atoms with Crippen molar-refractivity contribution in [3.05, 3.63) is 57.6 Å². The second-order valence-electron chi connectivity index (χ2n) is 5.76. The van der Waals surface area contributed by atoms with Gasteiger partial charge in [0.05, 0.1) is 6.61 Å². The molecule has 0 saturated carbocycles. The Labute approximate surface area is 151 Å². The van der Waals surface area contributed by atoms with E-state index in [1.54, 1.807) is 0 Å². The van der Waals surface area contributed by atoms with Crippen molar-refractivity contribution >= 4 is 27.6 Å². The van der Waals surface area contributed by atoms with E-state index in [4.69, 9.17) is 4.74 Å². The first kappa shape index (κ1) is 18.3. The summed E-state index contributed by atoms with van der Waals surface area (Å²) in [6.07, 6.45) is 0.751. The number of carbonyl (C=O) groups excluding carboxylic acids is 1. The van der Waals surface area contributed by atoms with Gasteiger partial charge in [-0.25, -0.2) is 4.79 Å². The molecule has 5 heteroatoms. The number of carbonyl (C=O) groups is 1. The molecule has 0 bridgehead atoms. The Morgan fingerprint density at radius 2 is 1.79 bits per heavy atom. The van der Waals surface area contributed by atoms with Crippen molar-refractivity contribution in [1.29, 1.82) is 0 Å². The van der Waals surface area contributed by atoms with Crippen LogP contribution in [-0.2, 0) is 0 Å². The van der Waals surface area contributed by atoms with Crippen LogP contribution in [0.3, 0.4) is 0 Å². The number of anilines is 1. The molecule has 0 spiro atoms. The maximum Gasteiger partial charge on any atom is 0.319 e. The van der Waals surface area contributed by atoms with E-state index in [1.807, 2.05) is 57.2 Å². The van der Waals surface area contributed by atoms with Gasteiger partial charge in [-0.3, -0.25) is 0 Å². The first-order valence-electron chi connectivity index (χ1n) is 7.97. The van der Waals surface area contributed by atoms with E-state index in [1.165, 1.54) is 0 Å². The van der Waals surface area contributed by atoms with Crippen LogP contribution in [-0.4, -0.2) is 19.2 Å². The van der Waals surface area contributed by atoms with Crippen molar-refractivity contribution in [3.63, 3.8) is 0 Å². The molecule has 0 aliphatic rings. The molecule has 4 nitrogen and oxygen atoms in total. The Kier molecular flexibility index (Phi) is 6.67. The van der Waals surface area contributed by atoms with Crippen LogP contribution < -0.4 is 15.4 Å². The number of nitrogens with one attached hydrogen (secondary N) is 2. The first-order valence-corrected chi connectivity index (χ1v) is 8.76. The molecule has 0 aliphatic carbocycles. The lowest BCUT2D eigenvalue weighted by Crippen LogP contribution is -2.30. The van der Waals surface area contributed by atoms with Gasteiger partial charge < -0.3 is 15.4 Å². The summed E-state index contributed by atoms with van der Waals surface area (Å²) < 4.78 is 6.82. The normalized spacial score (nSPS) is 10.3. The van der Waals surface area contributed by atoms with Crippen molar-refractivity contribution in [2.24, 2.45) is 0 Å². The quantitative estimate of drug-likeness (QED) is 0.684. The Morgan fingerprint density at radius 1 is 1.08 bits per heavy atom. The molecule has 0 aromatic heterocycles. The summed E-state index contributed by atoms with van der Waals surface area (Å²) in [6, 6.07) is 11.6. The number of amides is 2. The van der Waals surface area contributed by atoms with Gasteiger partial charge in [0.1, 0.15) is 5.75 Å². The van der Waals surface area contributed by atoms with Gasteiger partial charge in [0, 0.05) is 16.7 Å². The fraction of sp³-hybridized carbons (Fsp3) is 0.316. The lowest BCUT2D eigenvalue weighted by molar-refractivity contribution is 0.250. The van der Waals surface area contributed by atoms with Crippen LogP contribution in [0, 0.1) is 20.8 Å². The largest absolute Gasteiger partial charge is 0.493 e. The summed E-state index contributed by atoms with van der Waals surface area (Å²) >= 11 is 3.41. The molecule has 0 radical (unpaired) electrons. The third-order valence-electron chi connectivity index (χ3n) is 3.70. The molecule has 0 aliphatic heterocycles. The monoisotopic (exact) mass is 390 g/mol. The highest BCUT2D eigenvalue weighted by Gasteiger charge is 2.05. The highest BCUT2D eigenvalue weighted by atomic mass is 79.9. The number of urea groups is 1. The Hall–Kier alpha value is -2.01. The van der Waals surface area contributed by atoms with E-state index < -0.39 is 0 Å². The molecule has 2 N–H and O–H groups in total. The first-order chi connectivity index (χ1) is 11.5. The van der Waals surface area contributed by atoms with E-state index in [9.17, 15) is 4.79 Å². The number of rotatable bonds is 6. The average Bonchev–Trinajstić information content (AvgIpc) is 2.52. The van der Waals surface area contributed by atoms with E-state index in [-0.39, 0.29) is 6.03 Å². The van der Waals surface area contributed by atoms with Gasteiger partial charge in [-0.15, -0.1) is 0 Å². The maximum absolute atomic E-state index is 11.9. The molecular formula is C19H23BrN2O2. The zero-order valence-electron chi connectivity index (χ0n) is 14.3. The second-order valence-corrected chi connectivity index (χ2v) is 6.68. The van der Waals surface area contributed by atoms with Crippen LogP contribution >= 0.6 is 15.9 Å².